The Balaban J connectivity index is 1.61. The summed E-state index contributed by atoms with van der Waals surface area (Å²) in [6.45, 7) is 4.38. The molecule has 1 aliphatic heterocycles. The van der Waals surface area contributed by atoms with Gasteiger partial charge in [-0.2, -0.15) is 0 Å². The van der Waals surface area contributed by atoms with Crippen LogP contribution < -0.4 is 5.32 Å². The molecule has 1 saturated carbocycles. The molecule has 0 radical (unpaired) electrons. The summed E-state index contributed by atoms with van der Waals surface area (Å²) in [4.78, 5) is 0. The van der Waals surface area contributed by atoms with Gasteiger partial charge in [0.2, 0.25) is 0 Å². The van der Waals surface area contributed by atoms with E-state index in [1.807, 2.05) is 0 Å². The van der Waals surface area contributed by atoms with Gasteiger partial charge in [0, 0.05) is 19.2 Å². The Morgan fingerprint density at radius 2 is 2.13 bits per heavy atom. The van der Waals surface area contributed by atoms with E-state index in [4.69, 9.17) is 4.74 Å². The van der Waals surface area contributed by atoms with Crippen molar-refractivity contribution in [3.05, 3.63) is 0 Å². The monoisotopic (exact) mass is 211 g/mol. The number of nitrogens with one attached hydrogen (secondary N) is 1. The van der Waals surface area contributed by atoms with Crippen LogP contribution in [0.1, 0.15) is 51.9 Å². The smallest absolute Gasteiger partial charge is 0.0699 e. The molecule has 1 aliphatic carbocycles. The first kappa shape index (κ1) is 11.4. The Hall–Kier alpha value is -0.0800. The van der Waals surface area contributed by atoms with Gasteiger partial charge in [0.1, 0.15) is 0 Å². The summed E-state index contributed by atoms with van der Waals surface area (Å²) in [5.74, 6) is 0.981. The van der Waals surface area contributed by atoms with Crippen LogP contribution >= 0.6 is 0 Å². The molecule has 2 fully saturated rings. The van der Waals surface area contributed by atoms with Crippen molar-refractivity contribution in [3.63, 3.8) is 0 Å². The molecule has 1 heterocycles. The first-order valence-electron chi connectivity index (χ1n) is 6.73. The molecule has 2 heteroatoms. The summed E-state index contributed by atoms with van der Waals surface area (Å²) >= 11 is 0. The van der Waals surface area contributed by atoms with E-state index in [0.29, 0.717) is 6.10 Å². The predicted octanol–water partition coefficient (Wildman–Crippen LogP) is 2.72. The van der Waals surface area contributed by atoms with Gasteiger partial charge in [0.25, 0.3) is 0 Å². The van der Waals surface area contributed by atoms with Gasteiger partial charge in [-0.3, -0.25) is 0 Å². The Morgan fingerprint density at radius 3 is 2.80 bits per heavy atom. The van der Waals surface area contributed by atoms with Crippen molar-refractivity contribution in [2.75, 3.05) is 13.2 Å². The molecule has 88 valence electrons. The van der Waals surface area contributed by atoms with Crippen LogP contribution in [0.3, 0.4) is 0 Å². The fourth-order valence-corrected chi connectivity index (χ4v) is 2.90. The van der Waals surface area contributed by atoms with Gasteiger partial charge >= 0.3 is 0 Å². The van der Waals surface area contributed by atoms with Gasteiger partial charge in [-0.25, -0.2) is 0 Å². The normalized spacial score (nSPS) is 37.0. The quantitative estimate of drug-likeness (QED) is 0.772. The van der Waals surface area contributed by atoms with Crippen LogP contribution in [-0.4, -0.2) is 25.3 Å². The van der Waals surface area contributed by atoms with Gasteiger partial charge in [-0.1, -0.05) is 13.3 Å². The van der Waals surface area contributed by atoms with Crippen molar-refractivity contribution >= 4 is 0 Å². The minimum absolute atomic E-state index is 0.499. The Labute approximate surface area is 93.8 Å². The topological polar surface area (TPSA) is 21.3 Å². The maximum Gasteiger partial charge on any atom is 0.0699 e. The zero-order valence-corrected chi connectivity index (χ0v) is 10.0. The number of hydrogen-bond donors (Lipinski definition) is 1. The molecule has 2 rings (SSSR count). The van der Waals surface area contributed by atoms with E-state index >= 15 is 0 Å². The molecule has 2 nitrogen and oxygen atoms in total. The molecule has 2 aliphatic rings. The van der Waals surface area contributed by atoms with E-state index in [1.54, 1.807) is 0 Å². The van der Waals surface area contributed by atoms with Gasteiger partial charge < -0.3 is 10.1 Å². The van der Waals surface area contributed by atoms with E-state index < -0.39 is 0 Å². The summed E-state index contributed by atoms with van der Waals surface area (Å²) in [6, 6.07) is 0.778. The summed E-state index contributed by atoms with van der Waals surface area (Å²) in [5, 5.41) is 3.69. The summed E-state index contributed by atoms with van der Waals surface area (Å²) in [5.41, 5.74) is 0. The van der Waals surface area contributed by atoms with Crippen LogP contribution in [0.2, 0.25) is 0 Å². The highest BCUT2D eigenvalue weighted by atomic mass is 16.5. The van der Waals surface area contributed by atoms with Crippen LogP contribution in [0.25, 0.3) is 0 Å². The molecule has 1 N–H and O–H groups in total. The van der Waals surface area contributed by atoms with Crippen LogP contribution in [0.5, 0.6) is 0 Å². The lowest BCUT2D eigenvalue weighted by molar-refractivity contribution is 0.0154. The molecular weight excluding hydrogens is 186 g/mol. The lowest BCUT2D eigenvalue weighted by Gasteiger charge is -2.24. The Bertz CT molecular complexity index is 177. The molecule has 0 aromatic rings. The van der Waals surface area contributed by atoms with Gasteiger partial charge in [0.15, 0.2) is 0 Å². The third-order valence-corrected chi connectivity index (χ3v) is 4.03. The van der Waals surface area contributed by atoms with E-state index in [1.165, 1.54) is 44.9 Å². The number of ether oxygens (including phenoxy) is 1. The van der Waals surface area contributed by atoms with Gasteiger partial charge in [-0.15, -0.1) is 0 Å². The highest BCUT2D eigenvalue weighted by molar-refractivity contribution is 4.81. The van der Waals surface area contributed by atoms with Crippen LogP contribution in [0.4, 0.5) is 0 Å². The maximum absolute atomic E-state index is 5.73. The molecule has 0 aromatic carbocycles. The molecule has 0 aromatic heterocycles. The molecule has 0 amide bonds. The fourth-order valence-electron chi connectivity index (χ4n) is 2.90. The summed E-state index contributed by atoms with van der Waals surface area (Å²) in [7, 11) is 0. The maximum atomic E-state index is 5.73. The van der Waals surface area contributed by atoms with Gasteiger partial charge in [0.05, 0.1) is 6.10 Å². The van der Waals surface area contributed by atoms with E-state index in [-0.39, 0.29) is 0 Å². The molecule has 0 spiro atoms. The van der Waals surface area contributed by atoms with Gasteiger partial charge in [-0.05, 0) is 44.4 Å². The SMILES string of the molecule is CCC1CCC(NCC2CCCCO2)C1. The Kier molecular flexibility index (Phi) is 4.45. The van der Waals surface area contributed by atoms with Crippen molar-refractivity contribution in [1.82, 2.24) is 5.32 Å². The minimum Gasteiger partial charge on any atom is -0.377 e. The molecule has 1 saturated heterocycles. The van der Waals surface area contributed by atoms with Crippen molar-refractivity contribution in [3.8, 4) is 0 Å². The van der Waals surface area contributed by atoms with E-state index in [0.717, 1.165) is 25.1 Å². The lowest BCUT2D eigenvalue weighted by Crippen LogP contribution is -2.36. The third-order valence-electron chi connectivity index (χ3n) is 4.03. The number of hydrogen-bond acceptors (Lipinski definition) is 2. The molecular formula is C13H25NO. The standard InChI is InChI=1S/C13H25NO/c1-2-11-6-7-12(9-11)14-10-13-5-3-4-8-15-13/h11-14H,2-10H2,1H3. The van der Waals surface area contributed by atoms with E-state index in [9.17, 15) is 0 Å². The largest absolute Gasteiger partial charge is 0.377 e. The zero-order valence-electron chi connectivity index (χ0n) is 10.0. The minimum atomic E-state index is 0.499. The molecule has 0 bridgehead atoms. The van der Waals surface area contributed by atoms with Crippen LogP contribution in [-0.2, 0) is 4.74 Å². The second kappa shape index (κ2) is 5.86. The second-order valence-electron chi connectivity index (χ2n) is 5.18. The van der Waals surface area contributed by atoms with Crippen LogP contribution in [0, 0.1) is 5.92 Å². The lowest BCUT2D eigenvalue weighted by atomic mass is 10.1. The van der Waals surface area contributed by atoms with Crippen molar-refractivity contribution in [2.45, 2.75) is 64.0 Å². The first-order chi connectivity index (χ1) is 7.38. The van der Waals surface area contributed by atoms with Crippen molar-refractivity contribution in [2.24, 2.45) is 5.92 Å². The molecule has 3 unspecified atom stereocenters. The zero-order chi connectivity index (χ0) is 10.5. The fraction of sp³-hybridized carbons (Fsp3) is 1.00. The Morgan fingerprint density at radius 1 is 1.20 bits per heavy atom. The first-order valence-corrected chi connectivity index (χ1v) is 6.73. The highest BCUT2D eigenvalue weighted by Gasteiger charge is 2.24. The highest BCUT2D eigenvalue weighted by Crippen LogP contribution is 2.27. The second-order valence-corrected chi connectivity index (χ2v) is 5.18. The van der Waals surface area contributed by atoms with Crippen molar-refractivity contribution < 1.29 is 4.74 Å². The van der Waals surface area contributed by atoms with Crippen molar-refractivity contribution in [1.29, 1.82) is 0 Å². The third kappa shape index (κ3) is 3.46. The van der Waals surface area contributed by atoms with E-state index in [2.05, 4.69) is 12.2 Å². The predicted molar refractivity (Wildman–Crippen MR) is 63.0 cm³/mol. The molecule has 3 atom stereocenters. The average molecular weight is 211 g/mol. The number of rotatable bonds is 4. The summed E-state index contributed by atoms with van der Waals surface area (Å²) in [6.07, 6.45) is 9.94. The average Bonchev–Trinajstić information content (AvgIpc) is 2.76. The summed E-state index contributed by atoms with van der Waals surface area (Å²) < 4.78 is 5.73. The molecule has 15 heavy (non-hydrogen) atoms. The van der Waals surface area contributed by atoms with Crippen LogP contribution in [0.15, 0.2) is 0 Å².